The lowest BCUT2D eigenvalue weighted by Gasteiger charge is -2.09. The molecule has 17 heavy (non-hydrogen) atoms. The molecule has 98 valence electrons. The number of halogens is 2. The van der Waals surface area contributed by atoms with E-state index in [9.17, 15) is 0 Å². The molecule has 0 aliphatic rings. The van der Waals surface area contributed by atoms with Gasteiger partial charge in [-0.1, -0.05) is 13.3 Å². The lowest BCUT2D eigenvalue weighted by atomic mass is 10.1. The Morgan fingerprint density at radius 2 is 2.06 bits per heavy atom. The van der Waals surface area contributed by atoms with Gasteiger partial charge in [-0.3, -0.25) is 4.68 Å². The maximum atomic E-state index is 6.23. The Morgan fingerprint density at radius 1 is 1.35 bits per heavy atom. The second kappa shape index (κ2) is 7.42. The molecule has 0 aliphatic heterocycles. The molecular weight excluding hydrogens is 300 g/mol. The van der Waals surface area contributed by atoms with Crippen molar-refractivity contribution in [2.24, 2.45) is 0 Å². The lowest BCUT2D eigenvalue weighted by molar-refractivity contribution is 0.583. The summed E-state index contributed by atoms with van der Waals surface area (Å²) in [6.45, 7) is 7.29. The van der Waals surface area contributed by atoms with E-state index in [0.29, 0.717) is 5.38 Å². The van der Waals surface area contributed by atoms with Crippen molar-refractivity contribution in [2.75, 3.05) is 0 Å². The number of nitrogens with zero attached hydrogens (tertiary/aromatic N) is 2. The molecule has 1 heterocycles. The molecule has 0 spiro atoms. The fourth-order valence-corrected chi connectivity index (χ4v) is 2.91. The van der Waals surface area contributed by atoms with Gasteiger partial charge in [-0.15, -0.1) is 11.6 Å². The van der Waals surface area contributed by atoms with Gasteiger partial charge in [-0.25, -0.2) is 0 Å². The van der Waals surface area contributed by atoms with E-state index in [2.05, 4.69) is 39.6 Å². The monoisotopic (exact) mass is 320 g/mol. The molecule has 0 saturated carbocycles. The van der Waals surface area contributed by atoms with Crippen LogP contribution in [0.4, 0.5) is 0 Å². The maximum absolute atomic E-state index is 6.23. The Morgan fingerprint density at radius 3 is 2.65 bits per heavy atom. The maximum Gasteiger partial charge on any atom is 0.0738 e. The van der Waals surface area contributed by atoms with Gasteiger partial charge in [0.15, 0.2) is 0 Å². The summed E-state index contributed by atoms with van der Waals surface area (Å²) in [5.41, 5.74) is 2.39. The van der Waals surface area contributed by atoms with E-state index in [-0.39, 0.29) is 0 Å². The molecule has 0 bridgehead atoms. The van der Waals surface area contributed by atoms with E-state index in [1.165, 1.54) is 16.6 Å². The van der Waals surface area contributed by atoms with Gasteiger partial charge in [0.2, 0.25) is 0 Å². The Kier molecular flexibility index (Phi) is 6.57. The molecule has 1 atom stereocenters. The van der Waals surface area contributed by atoms with Crippen LogP contribution in [0.15, 0.2) is 4.47 Å². The first-order valence-electron chi connectivity index (χ1n) is 6.45. The summed E-state index contributed by atoms with van der Waals surface area (Å²) >= 11 is 9.86. The van der Waals surface area contributed by atoms with Crippen molar-refractivity contribution < 1.29 is 0 Å². The van der Waals surface area contributed by atoms with Crippen LogP contribution in [0.2, 0.25) is 0 Å². The van der Waals surface area contributed by atoms with Crippen molar-refractivity contribution in [1.82, 2.24) is 9.78 Å². The molecule has 0 aromatic carbocycles. The first-order chi connectivity index (χ1) is 8.10. The SMILES string of the molecule is CCCC(Cl)CCCc1c(Br)c(C)nn1CC. The minimum atomic E-state index is 0.331. The summed E-state index contributed by atoms with van der Waals surface area (Å²) in [7, 11) is 0. The zero-order valence-electron chi connectivity index (χ0n) is 11.0. The standard InChI is InChI=1S/C13H22BrClN2/c1-4-7-11(15)8-6-9-12-13(14)10(3)16-17(12)5-2/h11H,4-9H2,1-3H3. The zero-order valence-corrected chi connectivity index (χ0v) is 13.3. The van der Waals surface area contributed by atoms with Crippen LogP contribution in [0.3, 0.4) is 0 Å². The van der Waals surface area contributed by atoms with Crippen LogP contribution in [0.25, 0.3) is 0 Å². The summed E-state index contributed by atoms with van der Waals surface area (Å²) in [5.74, 6) is 0. The van der Waals surface area contributed by atoms with E-state index in [4.69, 9.17) is 11.6 Å². The molecule has 1 aromatic heterocycles. The molecule has 0 saturated heterocycles. The van der Waals surface area contributed by atoms with Crippen LogP contribution in [0.1, 0.15) is 50.9 Å². The summed E-state index contributed by atoms with van der Waals surface area (Å²) in [5, 5.41) is 4.83. The van der Waals surface area contributed by atoms with Gasteiger partial charge in [0.1, 0.15) is 0 Å². The van der Waals surface area contributed by atoms with Crippen molar-refractivity contribution in [3.8, 4) is 0 Å². The Hall–Kier alpha value is -0.0200. The van der Waals surface area contributed by atoms with Gasteiger partial charge < -0.3 is 0 Å². The first-order valence-corrected chi connectivity index (χ1v) is 7.68. The van der Waals surface area contributed by atoms with Crippen LogP contribution in [0, 0.1) is 6.92 Å². The summed E-state index contributed by atoms with van der Waals surface area (Å²) in [4.78, 5) is 0. The number of hydrogen-bond acceptors (Lipinski definition) is 1. The number of rotatable bonds is 7. The van der Waals surface area contributed by atoms with Crippen LogP contribution in [-0.4, -0.2) is 15.2 Å². The van der Waals surface area contributed by atoms with Crippen LogP contribution >= 0.6 is 27.5 Å². The van der Waals surface area contributed by atoms with Crippen LogP contribution in [0.5, 0.6) is 0 Å². The number of hydrogen-bond donors (Lipinski definition) is 0. The zero-order chi connectivity index (χ0) is 12.8. The molecule has 2 nitrogen and oxygen atoms in total. The third kappa shape index (κ3) is 4.29. The van der Waals surface area contributed by atoms with Gasteiger partial charge >= 0.3 is 0 Å². The second-order valence-electron chi connectivity index (χ2n) is 4.44. The highest BCUT2D eigenvalue weighted by Gasteiger charge is 2.12. The summed E-state index contributed by atoms with van der Waals surface area (Å²) < 4.78 is 3.25. The number of aromatic nitrogens is 2. The topological polar surface area (TPSA) is 17.8 Å². The average Bonchev–Trinajstić information content (AvgIpc) is 2.57. The predicted octanol–water partition coefficient (Wildman–Crippen LogP) is 4.70. The normalized spacial score (nSPS) is 13.0. The third-order valence-electron chi connectivity index (χ3n) is 2.99. The van der Waals surface area contributed by atoms with Gasteiger partial charge in [0.05, 0.1) is 15.9 Å². The summed E-state index contributed by atoms with van der Waals surface area (Å²) in [6, 6.07) is 0. The molecule has 1 aromatic rings. The van der Waals surface area contributed by atoms with Crippen molar-refractivity contribution in [2.45, 2.75) is 64.8 Å². The van der Waals surface area contributed by atoms with E-state index < -0.39 is 0 Å². The molecule has 0 radical (unpaired) electrons. The molecule has 0 amide bonds. The molecule has 0 N–H and O–H groups in total. The highest BCUT2D eigenvalue weighted by molar-refractivity contribution is 9.10. The second-order valence-corrected chi connectivity index (χ2v) is 5.85. The third-order valence-corrected chi connectivity index (χ3v) is 4.45. The number of aryl methyl sites for hydroxylation is 2. The molecular formula is C13H22BrClN2. The molecule has 0 fully saturated rings. The minimum absolute atomic E-state index is 0.331. The van der Waals surface area contributed by atoms with Crippen molar-refractivity contribution in [3.05, 3.63) is 15.9 Å². The Labute approximate surface area is 118 Å². The lowest BCUT2D eigenvalue weighted by Crippen LogP contribution is -2.05. The van der Waals surface area contributed by atoms with Gasteiger partial charge in [0.25, 0.3) is 0 Å². The fourth-order valence-electron chi connectivity index (χ4n) is 2.06. The molecule has 4 heteroatoms. The van der Waals surface area contributed by atoms with Gasteiger partial charge in [-0.2, -0.15) is 5.10 Å². The highest BCUT2D eigenvalue weighted by Crippen LogP contribution is 2.23. The van der Waals surface area contributed by atoms with E-state index in [1.54, 1.807) is 0 Å². The molecule has 1 unspecified atom stereocenters. The van der Waals surface area contributed by atoms with E-state index >= 15 is 0 Å². The van der Waals surface area contributed by atoms with Gasteiger partial charge in [0, 0.05) is 11.9 Å². The fraction of sp³-hybridized carbons (Fsp3) is 0.769. The summed E-state index contributed by atoms with van der Waals surface area (Å²) in [6.07, 6.45) is 5.58. The highest BCUT2D eigenvalue weighted by atomic mass is 79.9. The Bertz CT molecular complexity index is 349. The quantitative estimate of drug-likeness (QED) is 0.665. The van der Waals surface area contributed by atoms with Crippen LogP contribution in [-0.2, 0) is 13.0 Å². The average molecular weight is 322 g/mol. The molecule has 0 aliphatic carbocycles. The van der Waals surface area contributed by atoms with Crippen molar-refractivity contribution in [1.29, 1.82) is 0 Å². The van der Waals surface area contributed by atoms with Gasteiger partial charge in [-0.05, 0) is 55.5 Å². The van der Waals surface area contributed by atoms with E-state index in [1.807, 2.05) is 6.92 Å². The largest absolute Gasteiger partial charge is 0.268 e. The first kappa shape index (κ1) is 15.0. The smallest absolute Gasteiger partial charge is 0.0738 e. The van der Waals surface area contributed by atoms with Crippen molar-refractivity contribution >= 4 is 27.5 Å². The Balaban J connectivity index is 2.51. The van der Waals surface area contributed by atoms with E-state index in [0.717, 1.165) is 37.9 Å². The van der Waals surface area contributed by atoms with Crippen LogP contribution < -0.4 is 0 Å². The number of alkyl halides is 1. The van der Waals surface area contributed by atoms with Crippen molar-refractivity contribution in [3.63, 3.8) is 0 Å². The molecule has 1 rings (SSSR count). The minimum Gasteiger partial charge on any atom is -0.268 e. The predicted molar refractivity (Wildman–Crippen MR) is 77.8 cm³/mol.